The van der Waals surface area contributed by atoms with Gasteiger partial charge in [0.2, 0.25) is 5.91 Å². The average Bonchev–Trinajstić information content (AvgIpc) is 2.26. The van der Waals surface area contributed by atoms with Crippen molar-refractivity contribution in [3.8, 4) is 0 Å². The molecule has 0 saturated heterocycles. The van der Waals surface area contributed by atoms with Crippen molar-refractivity contribution in [2.45, 2.75) is 33.7 Å². The number of benzene rings is 1. The van der Waals surface area contributed by atoms with E-state index >= 15 is 0 Å². The molecule has 0 aromatic heterocycles. The summed E-state index contributed by atoms with van der Waals surface area (Å²) in [7, 11) is 1.97. The molecule has 4 nitrogen and oxygen atoms in total. The van der Waals surface area contributed by atoms with E-state index in [4.69, 9.17) is 5.73 Å². The maximum Gasteiger partial charge on any atom is 0.238 e. The summed E-state index contributed by atoms with van der Waals surface area (Å²) in [5.41, 5.74) is 7.21. The SMILES string of the molecule is CC(N(C)CC(=O)Nc1cccc(N)c1)C(C)(C)C. The van der Waals surface area contributed by atoms with Gasteiger partial charge in [-0.3, -0.25) is 9.69 Å². The van der Waals surface area contributed by atoms with Crippen LogP contribution in [0.1, 0.15) is 27.7 Å². The van der Waals surface area contributed by atoms with Gasteiger partial charge in [0, 0.05) is 17.4 Å². The van der Waals surface area contributed by atoms with E-state index < -0.39 is 0 Å². The second-order valence-electron chi connectivity index (χ2n) is 6.13. The Kier molecular flexibility index (Phi) is 4.95. The van der Waals surface area contributed by atoms with Crippen molar-refractivity contribution in [3.63, 3.8) is 0 Å². The van der Waals surface area contributed by atoms with E-state index in [-0.39, 0.29) is 11.3 Å². The van der Waals surface area contributed by atoms with Crippen LogP contribution in [0.5, 0.6) is 0 Å². The zero-order valence-electron chi connectivity index (χ0n) is 12.5. The fourth-order valence-electron chi connectivity index (χ4n) is 1.84. The Bertz CT molecular complexity index is 437. The minimum atomic E-state index is -0.0239. The number of carbonyl (C=O) groups is 1. The fraction of sp³-hybridized carbons (Fsp3) is 0.533. The topological polar surface area (TPSA) is 58.4 Å². The molecule has 106 valence electrons. The van der Waals surface area contributed by atoms with Crippen molar-refractivity contribution < 1.29 is 4.79 Å². The first-order chi connectivity index (χ1) is 8.70. The van der Waals surface area contributed by atoms with E-state index in [9.17, 15) is 4.79 Å². The number of nitrogens with two attached hydrogens (primary N) is 1. The molecule has 19 heavy (non-hydrogen) atoms. The summed E-state index contributed by atoms with van der Waals surface area (Å²) in [6, 6.07) is 7.53. The quantitative estimate of drug-likeness (QED) is 0.821. The second kappa shape index (κ2) is 6.06. The first-order valence-electron chi connectivity index (χ1n) is 6.56. The number of rotatable bonds is 4. The molecule has 1 unspecified atom stereocenters. The molecule has 4 heteroatoms. The highest BCUT2D eigenvalue weighted by Crippen LogP contribution is 2.22. The summed E-state index contributed by atoms with van der Waals surface area (Å²) in [5.74, 6) is -0.0239. The molecule has 1 amide bonds. The Balaban J connectivity index is 2.56. The van der Waals surface area contributed by atoms with Crippen LogP contribution in [0.3, 0.4) is 0 Å². The maximum absolute atomic E-state index is 12.0. The molecule has 0 bridgehead atoms. The first-order valence-corrected chi connectivity index (χ1v) is 6.56. The van der Waals surface area contributed by atoms with E-state index in [1.165, 1.54) is 0 Å². The van der Waals surface area contributed by atoms with Crippen molar-refractivity contribution in [3.05, 3.63) is 24.3 Å². The zero-order chi connectivity index (χ0) is 14.6. The summed E-state index contributed by atoms with van der Waals surface area (Å²) in [4.78, 5) is 14.0. The van der Waals surface area contributed by atoms with Gasteiger partial charge in [0.15, 0.2) is 0 Å². The van der Waals surface area contributed by atoms with Crippen LogP contribution < -0.4 is 11.1 Å². The summed E-state index contributed by atoms with van der Waals surface area (Å²) in [6.45, 7) is 9.01. The summed E-state index contributed by atoms with van der Waals surface area (Å²) in [6.07, 6.45) is 0. The predicted octanol–water partition coefficient (Wildman–Crippen LogP) is 2.57. The number of carbonyl (C=O) groups excluding carboxylic acids is 1. The van der Waals surface area contributed by atoms with E-state index in [1.54, 1.807) is 12.1 Å². The molecule has 0 spiro atoms. The standard InChI is InChI=1S/C15H25N3O/c1-11(15(2,3)4)18(5)10-14(19)17-13-8-6-7-12(16)9-13/h6-9,11H,10,16H2,1-5H3,(H,17,19). The Morgan fingerprint density at radius 2 is 2.05 bits per heavy atom. The zero-order valence-corrected chi connectivity index (χ0v) is 12.5. The van der Waals surface area contributed by atoms with Crippen molar-refractivity contribution in [2.75, 3.05) is 24.6 Å². The average molecular weight is 263 g/mol. The van der Waals surface area contributed by atoms with Gasteiger partial charge in [-0.25, -0.2) is 0 Å². The molecule has 1 rings (SSSR count). The highest BCUT2D eigenvalue weighted by Gasteiger charge is 2.24. The Hall–Kier alpha value is -1.55. The third-order valence-electron chi connectivity index (χ3n) is 3.48. The molecule has 1 aromatic carbocycles. The Morgan fingerprint density at radius 3 is 2.58 bits per heavy atom. The highest BCUT2D eigenvalue weighted by atomic mass is 16.2. The number of hydrogen-bond donors (Lipinski definition) is 2. The van der Waals surface area contributed by atoms with Crippen LogP contribution in [0, 0.1) is 5.41 Å². The van der Waals surface area contributed by atoms with Crippen LogP contribution in [0.15, 0.2) is 24.3 Å². The van der Waals surface area contributed by atoms with E-state index in [2.05, 4.69) is 37.9 Å². The second-order valence-corrected chi connectivity index (χ2v) is 6.13. The molecule has 3 N–H and O–H groups in total. The van der Waals surface area contributed by atoms with Gasteiger partial charge in [0.1, 0.15) is 0 Å². The van der Waals surface area contributed by atoms with Crippen LogP contribution in [-0.4, -0.2) is 30.4 Å². The molecule has 1 aromatic rings. The van der Waals surface area contributed by atoms with Crippen LogP contribution in [0.2, 0.25) is 0 Å². The van der Waals surface area contributed by atoms with Gasteiger partial charge >= 0.3 is 0 Å². The molecule has 0 fully saturated rings. The minimum absolute atomic E-state index is 0.0239. The van der Waals surface area contributed by atoms with Crippen molar-refractivity contribution in [1.82, 2.24) is 4.90 Å². The third-order valence-corrected chi connectivity index (χ3v) is 3.48. The smallest absolute Gasteiger partial charge is 0.238 e. The number of likely N-dealkylation sites (N-methyl/N-ethyl adjacent to an activating group) is 1. The Labute approximate surface area is 116 Å². The predicted molar refractivity (Wildman–Crippen MR) is 81.0 cm³/mol. The van der Waals surface area contributed by atoms with Gasteiger partial charge in [-0.1, -0.05) is 26.8 Å². The molecule has 0 radical (unpaired) electrons. The number of hydrogen-bond acceptors (Lipinski definition) is 3. The lowest BCUT2D eigenvalue weighted by Gasteiger charge is -2.34. The fourth-order valence-corrected chi connectivity index (χ4v) is 1.84. The van der Waals surface area contributed by atoms with Crippen molar-refractivity contribution in [2.24, 2.45) is 5.41 Å². The first kappa shape index (κ1) is 15.5. The largest absolute Gasteiger partial charge is 0.399 e. The molecule has 0 saturated carbocycles. The summed E-state index contributed by atoms with van der Waals surface area (Å²) < 4.78 is 0. The lowest BCUT2D eigenvalue weighted by molar-refractivity contribution is -0.117. The normalized spacial score (nSPS) is 13.4. The van der Waals surface area contributed by atoms with E-state index in [0.717, 1.165) is 5.69 Å². The van der Waals surface area contributed by atoms with Crippen LogP contribution in [0.4, 0.5) is 11.4 Å². The van der Waals surface area contributed by atoms with Crippen molar-refractivity contribution in [1.29, 1.82) is 0 Å². The number of nitrogens with zero attached hydrogens (tertiary/aromatic N) is 1. The van der Waals surface area contributed by atoms with Crippen LogP contribution in [-0.2, 0) is 4.79 Å². The summed E-state index contributed by atoms with van der Waals surface area (Å²) >= 11 is 0. The van der Waals surface area contributed by atoms with Gasteiger partial charge in [-0.2, -0.15) is 0 Å². The van der Waals surface area contributed by atoms with Gasteiger partial charge < -0.3 is 11.1 Å². The molecular weight excluding hydrogens is 238 g/mol. The molecule has 1 atom stereocenters. The molecule has 0 aliphatic heterocycles. The number of anilines is 2. The van der Waals surface area contributed by atoms with E-state index in [0.29, 0.717) is 18.3 Å². The highest BCUT2D eigenvalue weighted by molar-refractivity contribution is 5.92. The molecular formula is C15H25N3O. The van der Waals surface area contributed by atoms with Gasteiger partial charge in [-0.05, 0) is 37.6 Å². The lowest BCUT2D eigenvalue weighted by Crippen LogP contribution is -2.43. The van der Waals surface area contributed by atoms with Gasteiger partial charge in [0.25, 0.3) is 0 Å². The maximum atomic E-state index is 12.0. The number of nitrogen functional groups attached to an aromatic ring is 1. The lowest BCUT2D eigenvalue weighted by atomic mass is 9.87. The van der Waals surface area contributed by atoms with E-state index in [1.807, 2.05) is 19.2 Å². The number of nitrogens with one attached hydrogen (secondary N) is 1. The Morgan fingerprint density at radius 1 is 1.42 bits per heavy atom. The third kappa shape index (κ3) is 4.91. The minimum Gasteiger partial charge on any atom is -0.399 e. The number of amides is 1. The van der Waals surface area contributed by atoms with Crippen LogP contribution in [0.25, 0.3) is 0 Å². The summed E-state index contributed by atoms with van der Waals surface area (Å²) in [5, 5.41) is 2.86. The van der Waals surface area contributed by atoms with Gasteiger partial charge in [-0.15, -0.1) is 0 Å². The van der Waals surface area contributed by atoms with Crippen LogP contribution >= 0.6 is 0 Å². The molecule has 0 aliphatic carbocycles. The monoisotopic (exact) mass is 263 g/mol. The molecule has 0 heterocycles. The van der Waals surface area contributed by atoms with Gasteiger partial charge in [0.05, 0.1) is 6.54 Å². The van der Waals surface area contributed by atoms with Crippen molar-refractivity contribution >= 4 is 17.3 Å². The molecule has 0 aliphatic rings.